The van der Waals surface area contributed by atoms with Gasteiger partial charge in [0.1, 0.15) is 6.07 Å². The number of aromatic nitrogens is 1. The molecule has 3 nitrogen and oxygen atoms in total. The minimum Gasteiger partial charge on any atom is -0.357 e. The standard InChI is InChI=1S/C7H5ClN2O/c8-2-7(11)6-1-5(3-9)4-10-6/h1,4,10H,2H2. The van der Waals surface area contributed by atoms with Crippen molar-refractivity contribution in [2.45, 2.75) is 0 Å². The number of hydrogen-bond donors (Lipinski definition) is 1. The van der Waals surface area contributed by atoms with Gasteiger partial charge in [-0.25, -0.2) is 0 Å². The van der Waals surface area contributed by atoms with Gasteiger partial charge in [0.05, 0.1) is 17.1 Å². The third-order valence-corrected chi connectivity index (χ3v) is 1.48. The van der Waals surface area contributed by atoms with Gasteiger partial charge in [-0.15, -0.1) is 11.6 Å². The quantitative estimate of drug-likeness (QED) is 0.535. The van der Waals surface area contributed by atoms with Gasteiger partial charge in [0.25, 0.3) is 0 Å². The predicted octanol–water partition coefficient (Wildman–Crippen LogP) is 1.31. The van der Waals surface area contributed by atoms with Crippen molar-refractivity contribution in [3.05, 3.63) is 23.5 Å². The van der Waals surface area contributed by atoms with Crippen molar-refractivity contribution in [2.24, 2.45) is 0 Å². The lowest BCUT2D eigenvalue weighted by Gasteiger charge is -1.86. The molecule has 0 aliphatic carbocycles. The van der Waals surface area contributed by atoms with E-state index in [1.165, 1.54) is 12.3 Å². The molecule has 0 aliphatic rings. The maximum atomic E-state index is 10.9. The SMILES string of the molecule is N#Cc1c[nH]c(C(=O)CCl)c1. The summed E-state index contributed by atoms with van der Waals surface area (Å²) in [4.78, 5) is 13.5. The highest BCUT2D eigenvalue weighted by atomic mass is 35.5. The summed E-state index contributed by atoms with van der Waals surface area (Å²) in [6, 6.07) is 3.38. The molecule has 0 aliphatic heterocycles. The van der Waals surface area contributed by atoms with Crippen LogP contribution in [0.25, 0.3) is 0 Å². The van der Waals surface area contributed by atoms with Crippen molar-refractivity contribution in [2.75, 3.05) is 5.88 Å². The minimum absolute atomic E-state index is 0.0641. The predicted molar refractivity (Wildman–Crippen MR) is 40.6 cm³/mol. The van der Waals surface area contributed by atoms with Crippen LogP contribution in [0.15, 0.2) is 12.3 Å². The Balaban J connectivity index is 2.91. The first-order chi connectivity index (χ1) is 5.27. The summed E-state index contributed by atoms with van der Waals surface area (Å²) in [5, 5.41) is 8.39. The van der Waals surface area contributed by atoms with Crippen molar-refractivity contribution >= 4 is 17.4 Å². The molecule has 0 aromatic carbocycles. The zero-order valence-electron chi connectivity index (χ0n) is 5.60. The number of ketones is 1. The molecule has 0 saturated heterocycles. The Morgan fingerprint density at radius 1 is 1.82 bits per heavy atom. The normalized spacial score (nSPS) is 9.09. The number of nitrogens with one attached hydrogen (secondary N) is 1. The van der Waals surface area contributed by atoms with Crippen LogP contribution in [0, 0.1) is 11.3 Å². The maximum absolute atomic E-state index is 10.9. The van der Waals surface area contributed by atoms with E-state index >= 15 is 0 Å². The second-order valence-electron chi connectivity index (χ2n) is 1.97. The summed E-state index contributed by atoms with van der Waals surface area (Å²) < 4.78 is 0. The molecule has 0 unspecified atom stereocenters. The molecule has 0 radical (unpaired) electrons. The first-order valence-corrected chi connectivity index (χ1v) is 3.49. The molecule has 11 heavy (non-hydrogen) atoms. The van der Waals surface area contributed by atoms with Crippen LogP contribution < -0.4 is 0 Å². The fourth-order valence-electron chi connectivity index (χ4n) is 0.692. The van der Waals surface area contributed by atoms with Crippen LogP contribution in [0.5, 0.6) is 0 Å². The zero-order chi connectivity index (χ0) is 8.27. The Kier molecular flexibility index (Phi) is 2.29. The molecule has 0 bridgehead atoms. The van der Waals surface area contributed by atoms with Crippen LogP contribution in [-0.2, 0) is 0 Å². The van der Waals surface area contributed by atoms with Crippen LogP contribution in [0.2, 0.25) is 0 Å². The number of carbonyl (C=O) groups excluding carboxylic acids is 1. The molecule has 0 spiro atoms. The Hall–Kier alpha value is -1.27. The summed E-state index contributed by atoms with van der Waals surface area (Å²) in [5.41, 5.74) is 0.829. The van der Waals surface area contributed by atoms with Gasteiger partial charge in [-0.2, -0.15) is 5.26 Å². The van der Waals surface area contributed by atoms with Crippen molar-refractivity contribution in [1.29, 1.82) is 5.26 Å². The highest BCUT2D eigenvalue weighted by Crippen LogP contribution is 2.03. The number of carbonyl (C=O) groups is 1. The first-order valence-electron chi connectivity index (χ1n) is 2.95. The Morgan fingerprint density at radius 2 is 2.55 bits per heavy atom. The summed E-state index contributed by atoms with van der Waals surface area (Å²) >= 11 is 5.29. The van der Waals surface area contributed by atoms with Gasteiger partial charge < -0.3 is 4.98 Å². The molecule has 0 atom stereocenters. The van der Waals surface area contributed by atoms with E-state index in [1.807, 2.05) is 6.07 Å². The molecule has 4 heteroatoms. The molecule has 0 amide bonds. The van der Waals surface area contributed by atoms with Crippen LogP contribution in [-0.4, -0.2) is 16.6 Å². The number of nitrogens with zero attached hydrogens (tertiary/aromatic N) is 1. The molecule has 1 aromatic rings. The topological polar surface area (TPSA) is 56.6 Å². The third kappa shape index (κ3) is 1.60. The Morgan fingerprint density at radius 3 is 3.00 bits per heavy atom. The number of alkyl halides is 1. The van der Waals surface area contributed by atoms with E-state index in [0.717, 1.165) is 0 Å². The molecule has 1 aromatic heterocycles. The van der Waals surface area contributed by atoms with Gasteiger partial charge in [-0.1, -0.05) is 0 Å². The number of aromatic amines is 1. The van der Waals surface area contributed by atoms with Gasteiger partial charge in [0.2, 0.25) is 0 Å². The van der Waals surface area contributed by atoms with Crippen LogP contribution in [0.1, 0.15) is 16.1 Å². The number of halogens is 1. The zero-order valence-corrected chi connectivity index (χ0v) is 6.35. The number of H-pyrrole nitrogens is 1. The monoisotopic (exact) mass is 168 g/mol. The van der Waals surface area contributed by atoms with Crippen LogP contribution in [0.4, 0.5) is 0 Å². The molecule has 1 heterocycles. The second kappa shape index (κ2) is 3.22. The number of Topliss-reactive ketones (excluding diaryl/α,β-unsaturated/α-hetero) is 1. The molecular weight excluding hydrogens is 164 g/mol. The lowest BCUT2D eigenvalue weighted by atomic mass is 10.3. The fourth-order valence-corrected chi connectivity index (χ4v) is 0.836. The summed E-state index contributed by atoms with van der Waals surface area (Å²) in [6.45, 7) is 0. The summed E-state index contributed by atoms with van der Waals surface area (Å²) in [7, 11) is 0. The molecular formula is C7H5ClN2O. The second-order valence-corrected chi connectivity index (χ2v) is 2.24. The van der Waals surface area contributed by atoms with Gasteiger partial charge >= 0.3 is 0 Å². The molecule has 56 valence electrons. The largest absolute Gasteiger partial charge is 0.357 e. The Bertz CT molecular complexity index is 310. The molecule has 1 rings (SSSR count). The van der Waals surface area contributed by atoms with E-state index in [2.05, 4.69) is 4.98 Å². The van der Waals surface area contributed by atoms with Crippen molar-refractivity contribution in [3.8, 4) is 6.07 Å². The molecule has 0 saturated carbocycles. The van der Waals surface area contributed by atoms with E-state index in [0.29, 0.717) is 11.3 Å². The van der Waals surface area contributed by atoms with E-state index < -0.39 is 0 Å². The highest BCUT2D eigenvalue weighted by Gasteiger charge is 2.05. The van der Waals surface area contributed by atoms with Gasteiger partial charge in [-0.3, -0.25) is 4.79 Å². The maximum Gasteiger partial charge on any atom is 0.193 e. The van der Waals surface area contributed by atoms with Gasteiger partial charge in [0, 0.05) is 6.20 Å². The average molecular weight is 169 g/mol. The smallest absolute Gasteiger partial charge is 0.193 e. The van der Waals surface area contributed by atoms with E-state index in [-0.39, 0.29) is 11.7 Å². The number of rotatable bonds is 2. The first kappa shape index (κ1) is 7.83. The average Bonchev–Trinajstić information content (AvgIpc) is 2.50. The van der Waals surface area contributed by atoms with Crippen LogP contribution >= 0.6 is 11.6 Å². The van der Waals surface area contributed by atoms with Crippen LogP contribution in [0.3, 0.4) is 0 Å². The number of nitriles is 1. The fraction of sp³-hybridized carbons (Fsp3) is 0.143. The van der Waals surface area contributed by atoms with Gasteiger partial charge in [0.15, 0.2) is 5.78 Å². The molecule has 1 N–H and O–H groups in total. The summed E-state index contributed by atoms with van der Waals surface area (Å²) in [6.07, 6.45) is 1.47. The van der Waals surface area contributed by atoms with E-state index in [4.69, 9.17) is 16.9 Å². The summed E-state index contributed by atoms with van der Waals surface area (Å²) in [5.74, 6) is -0.265. The molecule has 0 fully saturated rings. The lowest BCUT2D eigenvalue weighted by Crippen LogP contribution is -1.99. The van der Waals surface area contributed by atoms with E-state index in [9.17, 15) is 4.79 Å². The third-order valence-electron chi connectivity index (χ3n) is 1.23. The van der Waals surface area contributed by atoms with Crippen molar-refractivity contribution < 1.29 is 4.79 Å². The van der Waals surface area contributed by atoms with E-state index in [1.54, 1.807) is 0 Å². The van der Waals surface area contributed by atoms with Crippen molar-refractivity contribution in [1.82, 2.24) is 4.98 Å². The van der Waals surface area contributed by atoms with Gasteiger partial charge in [-0.05, 0) is 6.07 Å². The minimum atomic E-state index is -0.201. The highest BCUT2D eigenvalue weighted by molar-refractivity contribution is 6.30. The van der Waals surface area contributed by atoms with Crippen molar-refractivity contribution in [3.63, 3.8) is 0 Å². The number of hydrogen-bond acceptors (Lipinski definition) is 2. The Labute approximate surface area is 68.6 Å². The lowest BCUT2D eigenvalue weighted by molar-refractivity contribution is 0.101.